The molecular weight excluding hydrogens is 365 g/mol. The van der Waals surface area contributed by atoms with Crippen LogP contribution in [0.5, 0.6) is 0 Å². The van der Waals surface area contributed by atoms with E-state index in [1.807, 2.05) is 0 Å². The van der Waals surface area contributed by atoms with E-state index in [0.29, 0.717) is 10.9 Å². The lowest BCUT2D eigenvalue weighted by Crippen LogP contribution is -2.41. The predicted octanol–water partition coefficient (Wildman–Crippen LogP) is 3.91. The zero-order chi connectivity index (χ0) is 18.7. The molecule has 8 heteroatoms. The molecule has 1 aromatic heterocycles. The Kier molecular flexibility index (Phi) is 5.04. The molecule has 0 radical (unpaired) electrons. The van der Waals surface area contributed by atoms with Gasteiger partial charge in [-0.1, -0.05) is 12.1 Å². The minimum absolute atomic E-state index is 0.263. The molecule has 4 nitrogen and oxygen atoms in total. The third kappa shape index (κ3) is 4.09. The molecule has 3 rings (SSSR count). The third-order valence-electron chi connectivity index (χ3n) is 3.37. The first-order valence-electron chi connectivity index (χ1n) is 7.35. The minimum Gasteiger partial charge on any atom is -0.267 e. The van der Waals surface area contributed by atoms with Crippen LogP contribution in [-0.2, 0) is 0 Å². The van der Waals surface area contributed by atoms with Crippen molar-refractivity contribution >= 4 is 23.2 Å². The van der Waals surface area contributed by atoms with Gasteiger partial charge in [-0.15, -0.1) is 11.3 Å². The number of carbonyl (C=O) groups is 2. The van der Waals surface area contributed by atoms with Gasteiger partial charge in [0.1, 0.15) is 17.5 Å². The van der Waals surface area contributed by atoms with Crippen molar-refractivity contribution in [2.24, 2.45) is 0 Å². The van der Waals surface area contributed by atoms with E-state index in [0.717, 1.165) is 33.9 Å². The molecule has 0 saturated heterocycles. The number of amides is 2. The molecule has 2 aromatic carbocycles. The number of thiophene rings is 1. The number of hydrogen-bond donors (Lipinski definition) is 2. The average Bonchev–Trinajstić information content (AvgIpc) is 3.09. The Morgan fingerprint density at radius 1 is 0.731 bits per heavy atom. The normalized spacial score (nSPS) is 10.4. The van der Waals surface area contributed by atoms with E-state index < -0.39 is 23.4 Å². The standard InChI is InChI=1S/C18H11F3N2O2S/c19-12-3-1-10(2-4-12)15-5-6-16(26-15)18(25)23-22-17(24)11-7-13(20)9-14(21)8-11/h1-9H,(H,22,24)(H,23,25). The molecule has 0 aliphatic rings. The molecule has 1 heterocycles. The SMILES string of the molecule is O=C(NNC(=O)c1ccc(-c2ccc(F)cc2)s1)c1cc(F)cc(F)c1. The molecule has 2 amide bonds. The van der Waals surface area contributed by atoms with Gasteiger partial charge in [-0.05, 0) is 42.0 Å². The Morgan fingerprint density at radius 3 is 2.00 bits per heavy atom. The van der Waals surface area contributed by atoms with Crippen LogP contribution in [0, 0.1) is 17.5 Å². The van der Waals surface area contributed by atoms with Gasteiger partial charge in [0.05, 0.1) is 4.88 Å². The Bertz CT molecular complexity index is 951. The van der Waals surface area contributed by atoms with Crippen LogP contribution in [0.1, 0.15) is 20.0 Å². The molecule has 0 aliphatic carbocycles. The summed E-state index contributed by atoms with van der Waals surface area (Å²) in [6.45, 7) is 0. The van der Waals surface area contributed by atoms with Gasteiger partial charge < -0.3 is 0 Å². The van der Waals surface area contributed by atoms with E-state index in [2.05, 4.69) is 10.9 Å². The first-order chi connectivity index (χ1) is 12.4. The van der Waals surface area contributed by atoms with E-state index in [1.165, 1.54) is 12.1 Å². The van der Waals surface area contributed by atoms with Gasteiger partial charge in [0.15, 0.2) is 0 Å². The second-order valence-electron chi connectivity index (χ2n) is 5.24. The zero-order valence-corrected chi connectivity index (χ0v) is 13.9. The Morgan fingerprint density at radius 2 is 1.35 bits per heavy atom. The number of nitrogens with one attached hydrogen (secondary N) is 2. The summed E-state index contributed by atoms with van der Waals surface area (Å²) in [6.07, 6.45) is 0. The fraction of sp³-hybridized carbons (Fsp3) is 0. The van der Waals surface area contributed by atoms with Crippen molar-refractivity contribution in [1.29, 1.82) is 0 Å². The molecular formula is C18H11F3N2O2S. The Hall–Kier alpha value is -3.13. The minimum atomic E-state index is -0.899. The van der Waals surface area contributed by atoms with Crippen LogP contribution >= 0.6 is 11.3 Å². The maximum absolute atomic E-state index is 13.1. The van der Waals surface area contributed by atoms with Crippen LogP contribution in [0.4, 0.5) is 13.2 Å². The lowest BCUT2D eigenvalue weighted by atomic mass is 10.2. The summed E-state index contributed by atoms with van der Waals surface area (Å²) in [5.41, 5.74) is 4.75. The Balaban J connectivity index is 1.65. The van der Waals surface area contributed by atoms with Crippen LogP contribution in [0.25, 0.3) is 10.4 Å². The summed E-state index contributed by atoms with van der Waals surface area (Å²) in [5, 5.41) is 0. The molecule has 0 aliphatic heterocycles. The van der Waals surface area contributed by atoms with Crippen LogP contribution in [0.3, 0.4) is 0 Å². The first-order valence-corrected chi connectivity index (χ1v) is 8.16. The summed E-state index contributed by atoms with van der Waals surface area (Å²) >= 11 is 1.15. The average molecular weight is 376 g/mol. The van der Waals surface area contributed by atoms with E-state index >= 15 is 0 Å². The van der Waals surface area contributed by atoms with Gasteiger partial charge in [-0.3, -0.25) is 20.4 Å². The number of carbonyl (C=O) groups excluding carboxylic acids is 2. The Labute approximate surface area is 150 Å². The van der Waals surface area contributed by atoms with Crippen LogP contribution in [0.2, 0.25) is 0 Å². The van der Waals surface area contributed by atoms with Gasteiger partial charge in [0.2, 0.25) is 0 Å². The molecule has 0 saturated carbocycles. The highest BCUT2D eigenvalue weighted by Gasteiger charge is 2.13. The highest BCUT2D eigenvalue weighted by Crippen LogP contribution is 2.28. The number of halogens is 3. The van der Waals surface area contributed by atoms with E-state index in [-0.39, 0.29) is 11.4 Å². The maximum Gasteiger partial charge on any atom is 0.279 e. The number of benzene rings is 2. The van der Waals surface area contributed by atoms with Gasteiger partial charge in [-0.2, -0.15) is 0 Å². The smallest absolute Gasteiger partial charge is 0.267 e. The molecule has 0 fully saturated rings. The van der Waals surface area contributed by atoms with Crippen LogP contribution in [0.15, 0.2) is 54.6 Å². The lowest BCUT2D eigenvalue weighted by Gasteiger charge is -2.06. The van der Waals surface area contributed by atoms with Crippen molar-refractivity contribution < 1.29 is 22.8 Å². The number of hydrazine groups is 1. The van der Waals surface area contributed by atoms with Crippen molar-refractivity contribution in [3.05, 3.63) is 82.5 Å². The summed E-state index contributed by atoms with van der Waals surface area (Å²) in [7, 11) is 0. The highest BCUT2D eigenvalue weighted by atomic mass is 32.1. The number of hydrogen-bond acceptors (Lipinski definition) is 3. The van der Waals surface area contributed by atoms with Crippen molar-refractivity contribution in [2.45, 2.75) is 0 Å². The van der Waals surface area contributed by atoms with Crippen molar-refractivity contribution in [1.82, 2.24) is 10.9 Å². The van der Waals surface area contributed by atoms with Crippen molar-refractivity contribution in [2.75, 3.05) is 0 Å². The van der Waals surface area contributed by atoms with Gasteiger partial charge in [0.25, 0.3) is 11.8 Å². The molecule has 2 N–H and O–H groups in total. The molecule has 0 spiro atoms. The summed E-state index contributed by atoms with van der Waals surface area (Å²) in [5.74, 6) is -3.60. The lowest BCUT2D eigenvalue weighted by molar-refractivity contribution is 0.0848. The molecule has 0 unspecified atom stereocenters. The number of rotatable bonds is 3. The van der Waals surface area contributed by atoms with Crippen molar-refractivity contribution in [3.8, 4) is 10.4 Å². The van der Waals surface area contributed by atoms with E-state index in [1.54, 1.807) is 24.3 Å². The largest absolute Gasteiger partial charge is 0.279 e. The molecule has 26 heavy (non-hydrogen) atoms. The van der Waals surface area contributed by atoms with Crippen LogP contribution < -0.4 is 10.9 Å². The van der Waals surface area contributed by atoms with Gasteiger partial charge in [0, 0.05) is 16.5 Å². The predicted molar refractivity (Wildman–Crippen MR) is 91.0 cm³/mol. The fourth-order valence-electron chi connectivity index (χ4n) is 2.16. The first kappa shape index (κ1) is 17.7. The quantitative estimate of drug-likeness (QED) is 0.681. The zero-order valence-electron chi connectivity index (χ0n) is 13.1. The third-order valence-corrected chi connectivity index (χ3v) is 4.51. The maximum atomic E-state index is 13.1. The second-order valence-corrected chi connectivity index (χ2v) is 6.32. The molecule has 0 atom stereocenters. The topological polar surface area (TPSA) is 58.2 Å². The summed E-state index contributed by atoms with van der Waals surface area (Å²) in [6, 6.07) is 11.4. The summed E-state index contributed by atoms with van der Waals surface area (Å²) < 4.78 is 39.2. The highest BCUT2D eigenvalue weighted by molar-refractivity contribution is 7.17. The van der Waals surface area contributed by atoms with Gasteiger partial charge >= 0.3 is 0 Å². The van der Waals surface area contributed by atoms with Crippen molar-refractivity contribution in [3.63, 3.8) is 0 Å². The molecule has 0 bridgehead atoms. The van der Waals surface area contributed by atoms with E-state index in [9.17, 15) is 22.8 Å². The van der Waals surface area contributed by atoms with Crippen LogP contribution in [-0.4, -0.2) is 11.8 Å². The van der Waals surface area contributed by atoms with Gasteiger partial charge in [-0.25, -0.2) is 13.2 Å². The summed E-state index contributed by atoms with van der Waals surface area (Å²) in [4.78, 5) is 25.0. The fourth-order valence-corrected chi connectivity index (χ4v) is 3.07. The van der Waals surface area contributed by atoms with E-state index in [4.69, 9.17) is 0 Å². The molecule has 132 valence electrons. The molecule has 3 aromatic rings. The second kappa shape index (κ2) is 7.40. The monoisotopic (exact) mass is 376 g/mol.